The minimum atomic E-state index is -0.144. The van der Waals surface area contributed by atoms with Crippen LogP contribution in [0, 0.1) is 5.92 Å². The number of benzene rings is 1. The summed E-state index contributed by atoms with van der Waals surface area (Å²) in [5.41, 5.74) is 1.07. The van der Waals surface area contributed by atoms with Crippen molar-refractivity contribution in [3.8, 4) is 0 Å². The molecule has 1 fully saturated rings. The van der Waals surface area contributed by atoms with Gasteiger partial charge in [-0.1, -0.05) is 50.6 Å². The second-order valence-corrected chi connectivity index (χ2v) is 5.99. The Kier molecular flexibility index (Phi) is 8.51. The zero-order valence-corrected chi connectivity index (χ0v) is 14.5. The Hall–Kier alpha value is -1.06. The van der Waals surface area contributed by atoms with E-state index < -0.39 is 0 Å². The summed E-state index contributed by atoms with van der Waals surface area (Å²) < 4.78 is 5.56. The van der Waals surface area contributed by atoms with Gasteiger partial charge in [-0.25, -0.2) is 0 Å². The van der Waals surface area contributed by atoms with Crippen LogP contribution in [0.1, 0.15) is 44.6 Å². The molecule has 0 aliphatic carbocycles. The van der Waals surface area contributed by atoms with E-state index in [1.165, 1.54) is 12.8 Å². The van der Waals surface area contributed by atoms with E-state index in [0.29, 0.717) is 12.5 Å². The van der Waals surface area contributed by atoms with Crippen molar-refractivity contribution in [1.82, 2.24) is 4.90 Å². The maximum atomic E-state index is 12.5. The van der Waals surface area contributed by atoms with Gasteiger partial charge in [0.1, 0.15) is 6.61 Å². The summed E-state index contributed by atoms with van der Waals surface area (Å²) in [4.78, 5) is 14.8. The molecular weight excluding hydrogens is 298 g/mol. The van der Waals surface area contributed by atoms with Crippen LogP contribution >= 0.6 is 12.4 Å². The predicted octanol–water partition coefficient (Wildman–Crippen LogP) is 3.88. The molecule has 0 aromatic heterocycles. The van der Waals surface area contributed by atoms with Crippen molar-refractivity contribution < 1.29 is 9.53 Å². The quantitative estimate of drug-likeness (QED) is 0.713. The SMILES string of the molecule is CCC(C)C(C(=O)OCCN1CCCC1)c1ccccc1.Cl. The molecule has 124 valence electrons. The third-order valence-electron chi connectivity index (χ3n) is 4.48. The summed E-state index contributed by atoms with van der Waals surface area (Å²) in [5.74, 6) is 0.0798. The van der Waals surface area contributed by atoms with E-state index in [4.69, 9.17) is 4.74 Å². The third-order valence-corrected chi connectivity index (χ3v) is 4.48. The fraction of sp³-hybridized carbons (Fsp3) is 0.611. The van der Waals surface area contributed by atoms with Crippen molar-refractivity contribution >= 4 is 18.4 Å². The van der Waals surface area contributed by atoms with Crippen LogP contribution in [0.15, 0.2) is 30.3 Å². The van der Waals surface area contributed by atoms with Crippen molar-refractivity contribution in [1.29, 1.82) is 0 Å². The molecule has 1 aromatic rings. The monoisotopic (exact) mass is 325 g/mol. The summed E-state index contributed by atoms with van der Waals surface area (Å²) in [6.45, 7) is 7.92. The minimum Gasteiger partial charge on any atom is -0.464 e. The van der Waals surface area contributed by atoms with Gasteiger partial charge in [-0.3, -0.25) is 9.69 Å². The van der Waals surface area contributed by atoms with Crippen LogP contribution in [0.25, 0.3) is 0 Å². The largest absolute Gasteiger partial charge is 0.464 e. The number of hydrogen-bond donors (Lipinski definition) is 0. The summed E-state index contributed by atoms with van der Waals surface area (Å²) in [6.07, 6.45) is 3.52. The number of rotatable bonds is 7. The molecule has 2 rings (SSSR count). The Morgan fingerprint density at radius 1 is 1.23 bits per heavy atom. The summed E-state index contributed by atoms with van der Waals surface area (Å²) in [7, 11) is 0. The molecule has 0 spiro atoms. The highest BCUT2D eigenvalue weighted by Gasteiger charge is 2.27. The lowest BCUT2D eigenvalue weighted by molar-refractivity contribution is -0.147. The number of likely N-dealkylation sites (tertiary alicyclic amines) is 1. The number of hydrogen-bond acceptors (Lipinski definition) is 3. The average molecular weight is 326 g/mol. The number of carbonyl (C=O) groups excluding carboxylic acids is 1. The van der Waals surface area contributed by atoms with Gasteiger partial charge in [0.25, 0.3) is 0 Å². The van der Waals surface area contributed by atoms with Crippen molar-refractivity contribution in [3.05, 3.63) is 35.9 Å². The minimum absolute atomic E-state index is 0. The fourth-order valence-electron chi connectivity index (χ4n) is 2.96. The lowest BCUT2D eigenvalue weighted by atomic mass is 9.86. The highest BCUT2D eigenvalue weighted by molar-refractivity contribution is 5.85. The van der Waals surface area contributed by atoms with Gasteiger partial charge in [-0.15, -0.1) is 12.4 Å². The first-order valence-corrected chi connectivity index (χ1v) is 8.16. The number of esters is 1. The Bertz CT molecular complexity index is 432. The first kappa shape index (κ1) is 19.0. The number of ether oxygens (including phenoxy) is 1. The zero-order chi connectivity index (χ0) is 15.1. The highest BCUT2D eigenvalue weighted by atomic mass is 35.5. The van der Waals surface area contributed by atoms with Gasteiger partial charge in [-0.05, 0) is 37.4 Å². The maximum Gasteiger partial charge on any atom is 0.313 e. The van der Waals surface area contributed by atoms with Gasteiger partial charge in [0.05, 0.1) is 5.92 Å². The molecule has 2 unspecified atom stereocenters. The molecule has 4 heteroatoms. The van der Waals surface area contributed by atoms with Gasteiger partial charge in [0, 0.05) is 6.54 Å². The lowest BCUT2D eigenvalue weighted by Gasteiger charge is -2.22. The van der Waals surface area contributed by atoms with E-state index in [2.05, 4.69) is 18.7 Å². The first-order chi connectivity index (χ1) is 10.2. The van der Waals surface area contributed by atoms with Crippen molar-refractivity contribution in [2.24, 2.45) is 5.92 Å². The molecular formula is C18H28ClNO2. The Balaban J connectivity index is 0.00000242. The Morgan fingerprint density at radius 2 is 1.86 bits per heavy atom. The van der Waals surface area contributed by atoms with Crippen LogP contribution in [0.2, 0.25) is 0 Å². The van der Waals surface area contributed by atoms with E-state index in [-0.39, 0.29) is 24.3 Å². The zero-order valence-electron chi connectivity index (χ0n) is 13.7. The topological polar surface area (TPSA) is 29.5 Å². The molecule has 2 atom stereocenters. The molecule has 1 aliphatic heterocycles. The molecule has 22 heavy (non-hydrogen) atoms. The molecule has 0 radical (unpaired) electrons. The van der Waals surface area contributed by atoms with Crippen LogP contribution < -0.4 is 0 Å². The molecule has 1 heterocycles. The summed E-state index contributed by atoms with van der Waals surface area (Å²) in [6, 6.07) is 10.0. The summed E-state index contributed by atoms with van der Waals surface area (Å²) in [5, 5.41) is 0. The molecule has 1 aliphatic rings. The summed E-state index contributed by atoms with van der Waals surface area (Å²) >= 11 is 0. The van der Waals surface area contributed by atoms with E-state index >= 15 is 0 Å². The average Bonchev–Trinajstić information content (AvgIpc) is 3.01. The van der Waals surface area contributed by atoms with Gasteiger partial charge in [0.15, 0.2) is 0 Å². The second kappa shape index (κ2) is 9.86. The Morgan fingerprint density at radius 3 is 2.45 bits per heavy atom. The molecule has 0 saturated carbocycles. The second-order valence-electron chi connectivity index (χ2n) is 5.99. The highest BCUT2D eigenvalue weighted by Crippen LogP contribution is 2.28. The van der Waals surface area contributed by atoms with Gasteiger partial charge in [0.2, 0.25) is 0 Å². The van der Waals surface area contributed by atoms with Gasteiger partial charge >= 0.3 is 5.97 Å². The van der Waals surface area contributed by atoms with E-state index in [1.807, 2.05) is 30.3 Å². The van der Waals surface area contributed by atoms with E-state index in [9.17, 15) is 4.79 Å². The molecule has 1 saturated heterocycles. The number of carbonyl (C=O) groups is 1. The molecule has 0 amide bonds. The van der Waals surface area contributed by atoms with Crippen LogP contribution in [-0.2, 0) is 9.53 Å². The first-order valence-electron chi connectivity index (χ1n) is 8.16. The van der Waals surface area contributed by atoms with Crippen molar-refractivity contribution in [2.75, 3.05) is 26.2 Å². The molecule has 0 bridgehead atoms. The smallest absolute Gasteiger partial charge is 0.313 e. The normalized spacial score (nSPS) is 17.5. The van der Waals surface area contributed by atoms with E-state index in [1.54, 1.807) is 0 Å². The molecule has 0 N–H and O–H groups in total. The lowest BCUT2D eigenvalue weighted by Crippen LogP contribution is -2.28. The van der Waals surface area contributed by atoms with Crippen molar-refractivity contribution in [2.45, 2.75) is 39.0 Å². The molecule has 3 nitrogen and oxygen atoms in total. The number of nitrogens with zero attached hydrogens (tertiary/aromatic N) is 1. The van der Waals surface area contributed by atoms with Crippen LogP contribution in [0.3, 0.4) is 0 Å². The van der Waals surface area contributed by atoms with Gasteiger partial charge < -0.3 is 4.74 Å². The predicted molar refractivity (Wildman–Crippen MR) is 92.5 cm³/mol. The molecule has 1 aromatic carbocycles. The van der Waals surface area contributed by atoms with Crippen LogP contribution in [0.5, 0.6) is 0 Å². The third kappa shape index (κ3) is 5.29. The van der Waals surface area contributed by atoms with Crippen LogP contribution in [0.4, 0.5) is 0 Å². The van der Waals surface area contributed by atoms with E-state index in [0.717, 1.165) is 31.6 Å². The van der Waals surface area contributed by atoms with Crippen LogP contribution in [-0.4, -0.2) is 37.1 Å². The van der Waals surface area contributed by atoms with Crippen molar-refractivity contribution in [3.63, 3.8) is 0 Å². The standard InChI is InChI=1S/C18H27NO2.ClH/c1-3-15(2)17(16-9-5-4-6-10-16)18(20)21-14-13-19-11-7-8-12-19;/h4-6,9-10,15,17H,3,7-8,11-14H2,1-2H3;1H. The van der Waals surface area contributed by atoms with Gasteiger partial charge in [-0.2, -0.15) is 0 Å². The fourth-order valence-corrected chi connectivity index (χ4v) is 2.96. The maximum absolute atomic E-state index is 12.5. The number of halogens is 1. The Labute approximate surface area is 140 Å².